The summed E-state index contributed by atoms with van der Waals surface area (Å²) in [6.45, 7) is 3.39. The van der Waals surface area contributed by atoms with Crippen LogP contribution in [0.3, 0.4) is 0 Å². The zero-order valence-corrected chi connectivity index (χ0v) is 13.1. The van der Waals surface area contributed by atoms with Crippen LogP contribution >= 0.6 is 15.9 Å². The van der Waals surface area contributed by atoms with E-state index in [0.29, 0.717) is 12.0 Å². The van der Waals surface area contributed by atoms with Crippen molar-refractivity contribution in [2.45, 2.75) is 32.4 Å². The molecule has 0 aliphatic heterocycles. The summed E-state index contributed by atoms with van der Waals surface area (Å²) in [7, 11) is 0. The molecule has 20 heavy (non-hydrogen) atoms. The van der Waals surface area contributed by atoms with Crippen LogP contribution in [-0.4, -0.2) is 35.6 Å². The Morgan fingerprint density at radius 3 is 2.40 bits per heavy atom. The van der Waals surface area contributed by atoms with Crippen LogP contribution < -0.4 is 10.6 Å². The Kier molecular flexibility index (Phi) is 6.67. The first-order chi connectivity index (χ1) is 9.38. The largest absolute Gasteiger partial charge is 0.393 e. The van der Waals surface area contributed by atoms with E-state index >= 15 is 0 Å². The second-order valence-corrected chi connectivity index (χ2v) is 5.66. The molecule has 6 heteroatoms. The second-order valence-electron chi connectivity index (χ2n) is 4.74. The fraction of sp³-hybridized carbons (Fsp3) is 0.429. The van der Waals surface area contributed by atoms with Crippen LogP contribution in [0.1, 0.15) is 30.6 Å². The summed E-state index contributed by atoms with van der Waals surface area (Å²) >= 11 is 3.29. The Morgan fingerprint density at radius 2 is 1.85 bits per heavy atom. The van der Waals surface area contributed by atoms with Crippen LogP contribution in [0.15, 0.2) is 28.7 Å². The van der Waals surface area contributed by atoms with Gasteiger partial charge in [0.05, 0.1) is 12.6 Å². The van der Waals surface area contributed by atoms with Crippen LogP contribution in [-0.2, 0) is 4.79 Å². The lowest BCUT2D eigenvalue weighted by Crippen LogP contribution is -2.41. The number of aliphatic hydroxyl groups excluding tert-OH is 1. The Bertz CT molecular complexity index is 460. The highest BCUT2D eigenvalue weighted by Crippen LogP contribution is 2.10. The van der Waals surface area contributed by atoms with Gasteiger partial charge in [-0.3, -0.25) is 9.59 Å². The molecule has 1 aromatic rings. The summed E-state index contributed by atoms with van der Waals surface area (Å²) in [6.07, 6.45) is 0.00881. The molecule has 0 radical (unpaired) electrons. The fourth-order valence-electron chi connectivity index (χ4n) is 1.76. The molecule has 2 atom stereocenters. The zero-order chi connectivity index (χ0) is 15.1. The van der Waals surface area contributed by atoms with Gasteiger partial charge in [-0.2, -0.15) is 0 Å². The van der Waals surface area contributed by atoms with Gasteiger partial charge >= 0.3 is 0 Å². The molecule has 0 spiro atoms. The second kappa shape index (κ2) is 8.01. The molecular weight excluding hydrogens is 324 g/mol. The van der Waals surface area contributed by atoms with E-state index in [1.165, 1.54) is 0 Å². The summed E-state index contributed by atoms with van der Waals surface area (Å²) in [6, 6.07) is 6.74. The summed E-state index contributed by atoms with van der Waals surface area (Å²) in [5, 5.41) is 14.5. The number of hydrogen-bond donors (Lipinski definition) is 3. The highest BCUT2D eigenvalue weighted by Gasteiger charge is 2.11. The third-order valence-electron chi connectivity index (χ3n) is 2.62. The van der Waals surface area contributed by atoms with E-state index in [1.54, 1.807) is 38.1 Å². The van der Waals surface area contributed by atoms with Gasteiger partial charge in [0, 0.05) is 16.1 Å². The molecule has 0 saturated carbocycles. The Balaban J connectivity index is 2.37. The summed E-state index contributed by atoms with van der Waals surface area (Å²) in [5.74, 6) is -0.570. The van der Waals surface area contributed by atoms with E-state index < -0.39 is 6.10 Å². The van der Waals surface area contributed by atoms with Crippen molar-refractivity contribution in [3.63, 3.8) is 0 Å². The molecule has 1 rings (SSSR count). The van der Waals surface area contributed by atoms with Crippen LogP contribution in [0.25, 0.3) is 0 Å². The molecule has 3 N–H and O–H groups in total. The lowest BCUT2D eigenvalue weighted by Gasteiger charge is -2.15. The molecule has 0 heterocycles. The molecule has 0 aromatic heterocycles. The number of aliphatic hydroxyl groups is 1. The monoisotopic (exact) mass is 342 g/mol. The molecule has 5 nitrogen and oxygen atoms in total. The molecular formula is C14H19BrN2O3. The van der Waals surface area contributed by atoms with Gasteiger partial charge in [-0.1, -0.05) is 15.9 Å². The Labute approximate surface area is 126 Å². The molecule has 1 aromatic carbocycles. The molecule has 2 unspecified atom stereocenters. The minimum Gasteiger partial charge on any atom is -0.393 e. The van der Waals surface area contributed by atoms with E-state index in [2.05, 4.69) is 26.6 Å². The molecule has 0 aliphatic rings. The Hall–Kier alpha value is -1.40. The number of rotatable bonds is 6. The van der Waals surface area contributed by atoms with E-state index in [9.17, 15) is 14.7 Å². The standard InChI is InChI=1S/C14H19BrN2O3/c1-9(7-10(2)18)17-13(19)8-16-14(20)11-3-5-12(15)6-4-11/h3-6,9-10,18H,7-8H2,1-2H3,(H,16,20)(H,17,19). The van der Waals surface area contributed by atoms with Gasteiger partial charge in [0.1, 0.15) is 0 Å². The number of benzene rings is 1. The predicted molar refractivity (Wildman–Crippen MR) is 80.4 cm³/mol. The molecule has 0 saturated heterocycles. The minimum atomic E-state index is -0.470. The van der Waals surface area contributed by atoms with Crippen molar-refractivity contribution < 1.29 is 14.7 Å². The van der Waals surface area contributed by atoms with Crippen molar-refractivity contribution in [1.29, 1.82) is 0 Å². The highest BCUT2D eigenvalue weighted by atomic mass is 79.9. The van der Waals surface area contributed by atoms with Gasteiger partial charge in [0.15, 0.2) is 0 Å². The molecule has 0 aliphatic carbocycles. The third-order valence-corrected chi connectivity index (χ3v) is 3.15. The van der Waals surface area contributed by atoms with E-state index in [4.69, 9.17) is 0 Å². The maximum atomic E-state index is 11.8. The lowest BCUT2D eigenvalue weighted by atomic mass is 10.1. The molecule has 0 bridgehead atoms. The summed E-state index contributed by atoms with van der Waals surface area (Å²) < 4.78 is 0.888. The maximum Gasteiger partial charge on any atom is 0.251 e. The van der Waals surface area contributed by atoms with Gasteiger partial charge in [0.25, 0.3) is 5.91 Å². The van der Waals surface area contributed by atoms with Crippen molar-refractivity contribution in [2.75, 3.05) is 6.54 Å². The van der Waals surface area contributed by atoms with Crippen LogP contribution in [0, 0.1) is 0 Å². The van der Waals surface area contributed by atoms with Crippen LogP contribution in [0.2, 0.25) is 0 Å². The quantitative estimate of drug-likeness (QED) is 0.732. The van der Waals surface area contributed by atoms with Crippen molar-refractivity contribution in [3.8, 4) is 0 Å². The van der Waals surface area contributed by atoms with E-state index in [-0.39, 0.29) is 24.4 Å². The smallest absolute Gasteiger partial charge is 0.251 e. The average molecular weight is 343 g/mol. The number of halogens is 1. The van der Waals surface area contributed by atoms with Crippen LogP contribution in [0.4, 0.5) is 0 Å². The lowest BCUT2D eigenvalue weighted by molar-refractivity contribution is -0.120. The van der Waals surface area contributed by atoms with Gasteiger partial charge in [-0.05, 0) is 44.5 Å². The van der Waals surface area contributed by atoms with Crippen molar-refractivity contribution in [2.24, 2.45) is 0 Å². The first kappa shape index (κ1) is 16.7. The fourth-order valence-corrected chi connectivity index (χ4v) is 2.02. The van der Waals surface area contributed by atoms with Gasteiger partial charge in [-0.25, -0.2) is 0 Å². The SMILES string of the molecule is CC(O)CC(C)NC(=O)CNC(=O)c1ccc(Br)cc1. The number of hydrogen-bond acceptors (Lipinski definition) is 3. The summed E-state index contributed by atoms with van der Waals surface area (Å²) in [4.78, 5) is 23.4. The Morgan fingerprint density at radius 1 is 1.25 bits per heavy atom. The van der Waals surface area contributed by atoms with Crippen molar-refractivity contribution in [3.05, 3.63) is 34.3 Å². The molecule has 110 valence electrons. The first-order valence-corrected chi connectivity index (χ1v) is 7.19. The number of amides is 2. The zero-order valence-electron chi connectivity index (χ0n) is 11.5. The van der Waals surface area contributed by atoms with E-state index in [0.717, 1.165) is 4.47 Å². The normalized spacial score (nSPS) is 13.4. The van der Waals surface area contributed by atoms with Crippen molar-refractivity contribution in [1.82, 2.24) is 10.6 Å². The van der Waals surface area contributed by atoms with E-state index in [1.807, 2.05) is 0 Å². The first-order valence-electron chi connectivity index (χ1n) is 6.39. The molecule has 2 amide bonds. The van der Waals surface area contributed by atoms with Gasteiger partial charge in [-0.15, -0.1) is 0 Å². The predicted octanol–water partition coefficient (Wildman–Crippen LogP) is 1.45. The average Bonchev–Trinajstić information content (AvgIpc) is 2.35. The highest BCUT2D eigenvalue weighted by molar-refractivity contribution is 9.10. The van der Waals surface area contributed by atoms with Crippen molar-refractivity contribution >= 4 is 27.7 Å². The number of carbonyl (C=O) groups excluding carboxylic acids is 2. The van der Waals surface area contributed by atoms with Crippen LogP contribution in [0.5, 0.6) is 0 Å². The number of nitrogens with one attached hydrogen (secondary N) is 2. The number of carbonyl (C=O) groups is 2. The van der Waals surface area contributed by atoms with Gasteiger partial charge in [0.2, 0.25) is 5.91 Å². The molecule has 0 fully saturated rings. The minimum absolute atomic E-state index is 0.0843. The topological polar surface area (TPSA) is 78.4 Å². The third kappa shape index (κ3) is 6.16. The maximum absolute atomic E-state index is 11.8. The van der Waals surface area contributed by atoms with Gasteiger partial charge < -0.3 is 15.7 Å². The summed E-state index contributed by atoms with van der Waals surface area (Å²) in [5.41, 5.74) is 0.498.